The number of para-hydroxylation sites is 1. The van der Waals surface area contributed by atoms with Gasteiger partial charge in [-0.05, 0) is 24.8 Å². The van der Waals surface area contributed by atoms with E-state index in [-0.39, 0.29) is 11.4 Å². The first-order valence-electron chi connectivity index (χ1n) is 10.3. The number of rotatable bonds is 3. The highest BCUT2D eigenvalue weighted by molar-refractivity contribution is 5.98. The molecule has 7 rings (SSSR count). The fourth-order valence-corrected chi connectivity index (χ4v) is 6.56. The SMILES string of the molecule is COC1=[N+]2C3=C(CCN4CC5C=C(CCOC(C)=O)C4[C@]31C5)c1ccccc12. The highest BCUT2D eigenvalue weighted by Crippen LogP contribution is 2.64. The van der Waals surface area contributed by atoms with Gasteiger partial charge in [-0.25, -0.2) is 0 Å². The van der Waals surface area contributed by atoms with Crippen molar-refractivity contribution in [3.63, 3.8) is 0 Å². The quantitative estimate of drug-likeness (QED) is 0.461. The van der Waals surface area contributed by atoms with Crippen LogP contribution in [0.2, 0.25) is 0 Å². The van der Waals surface area contributed by atoms with E-state index < -0.39 is 0 Å². The molecule has 4 bridgehead atoms. The minimum atomic E-state index is -0.201. The van der Waals surface area contributed by atoms with Gasteiger partial charge in [0.05, 0.1) is 25.3 Å². The number of methoxy groups -OCH3 is 1. The molecule has 5 heterocycles. The van der Waals surface area contributed by atoms with Crippen molar-refractivity contribution in [3.05, 3.63) is 47.2 Å². The van der Waals surface area contributed by atoms with E-state index >= 15 is 0 Å². The van der Waals surface area contributed by atoms with Gasteiger partial charge in [-0.15, -0.1) is 4.58 Å². The van der Waals surface area contributed by atoms with E-state index in [1.807, 2.05) is 7.11 Å². The van der Waals surface area contributed by atoms with E-state index in [0.717, 1.165) is 38.2 Å². The van der Waals surface area contributed by atoms with Gasteiger partial charge in [-0.2, -0.15) is 0 Å². The third kappa shape index (κ3) is 1.86. The lowest BCUT2D eigenvalue weighted by Gasteiger charge is -2.55. The number of hydrogen-bond donors (Lipinski definition) is 0. The largest absolute Gasteiger partial charge is 0.466 e. The lowest BCUT2D eigenvalue weighted by molar-refractivity contribution is -0.452. The van der Waals surface area contributed by atoms with Gasteiger partial charge >= 0.3 is 11.9 Å². The minimum Gasteiger partial charge on any atom is -0.466 e. The molecule has 0 N–H and O–H groups in total. The second-order valence-corrected chi connectivity index (χ2v) is 8.60. The maximum absolute atomic E-state index is 11.3. The molecule has 5 aliphatic heterocycles. The van der Waals surface area contributed by atoms with Crippen LogP contribution < -0.4 is 0 Å². The molecule has 5 nitrogen and oxygen atoms in total. The number of hydrogen-bond acceptors (Lipinski definition) is 4. The summed E-state index contributed by atoms with van der Waals surface area (Å²) in [5, 5.41) is 0. The van der Waals surface area contributed by atoms with Gasteiger partial charge in [-0.3, -0.25) is 9.69 Å². The number of fused-ring (bicyclic) bond motifs is 3. The number of carbonyl (C=O) groups excluding carboxylic acids is 1. The summed E-state index contributed by atoms with van der Waals surface area (Å²) in [6.07, 6.45) is 5.48. The molecule has 5 heteroatoms. The van der Waals surface area contributed by atoms with Gasteiger partial charge in [-0.1, -0.05) is 23.8 Å². The summed E-state index contributed by atoms with van der Waals surface area (Å²) in [4.78, 5) is 13.9. The van der Waals surface area contributed by atoms with Crippen LogP contribution in [-0.2, 0) is 14.3 Å². The molecule has 1 aromatic rings. The molecule has 0 radical (unpaired) electrons. The second kappa shape index (κ2) is 5.57. The molecule has 4 atom stereocenters. The van der Waals surface area contributed by atoms with E-state index in [0.29, 0.717) is 18.6 Å². The molecule has 0 amide bonds. The number of esters is 1. The minimum absolute atomic E-state index is 0.0528. The van der Waals surface area contributed by atoms with Crippen molar-refractivity contribution >= 4 is 23.1 Å². The van der Waals surface area contributed by atoms with Crippen LogP contribution in [0.1, 0.15) is 31.7 Å². The van der Waals surface area contributed by atoms with Crippen LogP contribution in [0.15, 0.2) is 41.6 Å². The van der Waals surface area contributed by atoms with Crippen LogP contribution in [0, 0.1) is 11.3 Å². The fraction of sp³-hybridized carbons (Fsp3) is 0.478. The first-order chi connectivity index (χ1) is 13.6. The van der Waals surface area contributed by atoms with Gasteiger partial charge in [0.15, 0.2) is 5.41 Å². The number of ether oxygens (including phenoxy) is 2. The van der Waals surface area contributed by atoms with Crippen LogP contribution in [0.3, 0.4) is 0 Å². The molecular weight excluding hydrogens is 352 g/mol. The van der Waals surface area contributed by atoms with Crippen molar-refractivity contribution in [1.29, 1.82) is 0 Å². The number of carbonyl (C=O) groups is 1. The first-order valence-corrected chi connectivity index (χ1v) is 10.3. The maximum atomic E-state index is 11.3. The average Bonchev–Trinajstić information content (AvgIpc) is 2.94. The lowest BCUT2D eigenvalue weighted by Crippen LogP contribution is -2.68. The maximum Gasteiger partial charge on any atom is 0.367 e. The summed E-state index contributed by atoms with van der Waals surface area (Å²) in [5.74, 6) is 1.43. The van der Waals surface area contributed by atoms with Crippen molar-refractivity contribution in [2.45, 2.75) is 32.2 Å². The molecule has 1 aromatic carbocycles. The molecule has 0 saturated carbocycles. The zero-order chi connectivity index (χ0) is 19.0. The fourth-order valence-electron chi connectivity index (χ4n) is 6.56. The lowest BCUT2D eigenvalue weighted by atomic mass is 9.58. The predicted molar refractivity (Wildman–Crippen MR) is 105 cm³/mol. The Morgan fingerprint density at radius 3 is 3.04 bits per heavy atom. The molecule has 6 aliphatic rings. The normalized spacial score (nSPS) is 33.6. The highest BCUT2D eigenvalue weighted by atomic mass is 16.5. The monoisotopic (exact) mass is 377 g/mol. The van der Waals surface area contributed by atoms with Crippen molar-refractivity contribution in [2.75, 3.05) is 26.8 Å². The van der Waals surface area contributed by atoms with Crippen molar-refractivity contribution < 1.29 is 18.8 Å². The van der Waals surface area contributed by atoms with E-state index in [1.165, 1.54) is 35.0 Å². The first kappa shape index (κ1) is 16.5. The van der Waals surface area contributed by atoms with Gasteiger partial charge in [0.2, 0.25) is 11.4 Å². The van der Waals surface area contributed by atoms with Crippen LogP contribution in [-0.4, -0.2) is 54.2 Å². The molecule has 0 aromatic heterocycles. The highest BCUT2D eigenvalue weighted by Gasteiger charge is 2.74. The molecule has 1 saturated heterocycles. The summed E-state index contributed by atoms with van der Waals surface area (Å²) < 4.78 is 13.7. The van der Waals surface area contributed by atoms with E-state index in [1.54, 1.807) is 0 Å². The zero-order valence-corrected chi connectivity index (χ0v) is 16.4. The Hall–Kier alpha value is -2.40. The van der Waals surface area contributed by atoms with Gasteiger partial charge < -0.3 is 9.47 Å². The van der Waals surface area contributed by atoms with Gasteiger partial charge in [0.1, 0.15) is 0 Å². The molecule has 3 unspecified atom stereocenters. The van der Waals surface area contributed by atoms with Gasteiger partial charge in [0, 0.05) is 38.1 Å². The Labute approximate surface area is 164 Å². The van der Waals surface area contributed by atoms with E-state index in [9.17, 15) is 4.79 Å². The molecule has 1 fully saturated rings. The Bertz CT molecular complexity index is 1000. The smallest absolute Gasteiger partial charge is 0.367 e. The van der Waals surface area contributed by atoms with Crippen molar-refractivity contribution in [3.8, 4) is 0 Å². The summed E-state index contributed by atoms with van der Waals surface area (Å²) in [6, 6.07) is 9.06. The third-order valence-electron chi connectivity index (χ3n) is 7.21. The Kier molecular flexibility index (Phi) is 3.29. The second-order valence-electron chi connectivity index (χ2n) is 8.60. The van der Waals surface area contributed by atoms with Crippen LogP contribution in [0.25, 0.3) is 5.57 Å². The molecule has 1 aliphatic carbocycles. The standard InChI is InChI=1S/C23H25N2O3/c1-14(26)28-10-8-16-11-15-12-23-20(16)24(13-15)9-7-18-17-5-3-4-6-19(17)25(21(18)23)22(23)27-2/h3-6,11,15,20H,7-10,12-13H2,1-2H3/q+1/t15?,20?,23-/m1/s1. The number of nitrogens with zero attached hydrogens (tertiary/aromatic N) is 2. The summed E-state index contributed by atoms with van der Waals surface area (Å²) in [5.41, 5.74) is 6.99. The number of piperidine rings is 1. The molecular formula is C23H25N2O3+. The number of benzene rings is 1. The van der Waals surface area contributed by atoms with Crippen LogP contribution >= 0.6 is 0 Å². The summed E-state index contributed by atoms with van der Waals surface area (Å²) >= 11 is 0. The predicted octanol–water partition coefficient (Wildman–Crippen LogP) is 3.09. The topological polar surface area (TPSA) is 41.8 Å². The Morgan fingerprint density at radius 1 is 1.36 bits per heavy atom. The van der Waals surface area contributed by atoms with Crippen molar-refractivity contribution in [2.24, 2.45) is 11.3 Å². The Balaban J connectivity index is 1.49. The molecule has 144 valence electrons. The summed E-state index contributed by atoms with van der Waals surface area (Å²) in [6.45, 7) is 4.15. The average molecular weight is 377 g/mol. The van der Waals surface area contributed by atoms with E-state index in [4.69, 9.17) is 9.47 Å². The molecule has 28 heavy (non-hydrogen) atoms. The Morgan fingerprint density at radius 2 is 2.21 bits per heavy atom. The van der Waals surface area contributed by atoms with Gasteiger partial charge in [0.25, 0.3) is 0 Å². The summed E-state index contributed by atoms with van der Waals surface area (Å²) in [7, 11) is 1.82. The van der Waals surface area contributed by atoms with Crippen LogP contribution in [0.5, 0.6) is 0 Å². The van der Waals surface area contributed by atoms with E-state index in [2.05, 4.69) is 39.8 Å². The third-order valence-corrected chi connectivity index (χ3v) is 7.21. The van der Waals surface area contributed by atoms with Crippen molar-refractivity contribution in [1.82, 2.24) is 4.90 Å². The zero-order valence-electron chi connectivity index (χ0n) is 16.4. The van der Waals surface area contributed by atoms with Crippen LogP contribution in [0.4, 0.5) is 5.69 Å². The molecule has 1 spiro atoms.